The highest BCUT2D eigenvalue weighted by Crippen LogP contribution is 2.20. The Bertz CT molecular complexity index is 691. The minimum atomic E-state index is -1.16. The lowest BCUT2D eigenvalue weighted by molar-refractivity contribution is -0.166. The van der Waals surface area contributed by atoms with Crippen LogP contribution in [-0.4, -0.2) is 46.2 Å². The van der Waals surface area contributed by atoms with Crippen LogP contribution in [0.3, 0.4) is 0 Å². The van der Waals surface area contributed by atoms with Crippen molar-refractivity contribution in [2.24, 2.45) is 5.92 Å². The molecule has 0 radical (unpaired) electrons. The number of hydrogen-bond donors (Lipinski definition) is 2. The van der Waals surface area contributed by atoms with E-state index in [-0.39, 0.29) is 12.8 Å². The molecule has 8 nitrogen and oxygen atoms in total. The van der Waals surface area contributed by atoms with Gasteiger partial charge in [-0.3, -0.25) is 14.4 Å². The number of hydrogen-bond acceptors (Lipinski definition) is 6. The summed E-state index contributed by atoms with van der Waals surface area (Å²) in [4.78, 5) is 49.7. The third-order valence-electron chi connectivity index (χ3n) is 5.76. The van der Waals surface area contributed by atoms with Crippen molar-refractivity contribution in [1.82, 2.24) is 5.32 Å². The molecule has 0 aliphatic carbocycles. The molecule has 0 heterocycles. The molecular formula is C29H53NO7. The minimum absolute atomic E-state index is 0.129. The smallest absolute Gasteiger partial charge is 0.329 e. The molecule has 1 amide bonds. The van der Waals surface area contributed by atoms with Crippen molar-refractivity contribution in [2.75, 3.05) is 0 Å². The van der Waals surface area contributed by atoms with Gasteiger partial charge in [-0.25, -0.2) is 4.79 Å². The largest absolute Gasteiger partial charge is 0.481 e. The Morgan fingerprint density at radius 3 is 1.54 bits per heavy atom. The van der Waals surface area contributed by atoms with Crippen LogP contribution in [0.25, 0.3) is 0 Å². The lowest BCUT2D eigenvalue weighted by Gasteiger charge is -2.27. The van der Waals surface area contributed by atoms with Crippen LogP contribution >= 0.6 is 0 Å². The third kappa shape index (κ3) is 19.6. The number of esters is 2. The SMILES string of the molecule is CCCCCCCCCCCCCC(C(=O)N[C@@H](CCC(=O)O)C(=O)OC(C)(C)C)C(=O)OC(C)(C)C. The average Bonchev–Trinajstić information content (AvgIpc) is 2.74. The highest BCUT2D eigenvalue weighted by molar-refractivity contribution is 5.99. The fourth-order valence-electron chi connectivity index (χ4n) is 3.90. The summed E-state index contributed by atoms with van der Waals surface area (Å²) in [5, 5.41) is 11.6. The quantitative estimate of drug-likeness (QED) is 0.114. The van der Waals surface area contributed by atoms with Crippen LogP contribution in [0.15, 0.2) is 0 Å². The number of carboxylic acid groups (broad SMARTS) is 1. The Morgan fingerprint density at radius 1 is 0.676 bits per heavy atom. The molecule has 8 heteroatoms. The number of carbonyl (C=O) groups is 4. The van der Waals surface area contributed by atoms with Crippen LogP contribution in [0.2, 0.25) is 0 Å². The maximum absolute atomic E-state index is 13.1. The summed E-state index contributed by atoms with van der Waals surface area (Å²) in [5.41, 5.74) is -1.57. The zero-order valence-corrected chi connectivity index (χ0v) is 24.5. The van der Waals surface area contributed by atoms with Gasteiger partial charge in [0, 0.05) is 6.42 Å². The van der Waals surface area contributed by atoms with Gasteiger partial charge < -0.3 is 19.9 Å². The normalized spacial score (nSPS) is 13.5. The molecule has 0 saturated carbocycles. The second-order valence-corrected chi connectivity index (χ2v) is 11.9. The van der Waals surface area contributed by atoms with Gasteiger partial charge in [0.1, 0.15) is 23.2 Å². The lowest BCUT2D eigenvalue weighted by Crippen LogP contribution is -2.48. The van der Waals surface area contributed by atoms with Crippen LogP contribution in [0.5, 0.6) is 0 Å². The van der Waals surface area contributed by atoms with Gasteiger partial charge >= 0.3 is 17.9 Å². The number of carboxylic acids is 1. The Kier molecular flexibility index (Phi) is 17.1. The first kappa shape index (κ1) is 34.9. The van der Waals surface area contributed by atoms with Crippen molar-refractivity contribution >= 4 is 23.8 Å². The maximum atomic E-state index is 13.1. The molecule has 216 valence electrons. The number of ether oxygens (including phenoxy) is 2. The van der Waals surface area contributed by atoms with Crippen molar-refractivity contribution in [3.63, 3.8) is 0 Å². The van der Waals surface area contributed by atoms with Gasteiger partial charge in [0.2, 0.25) is 5.91 Å². The molecule has 2 N–H and O–H groups in total. The molecule has 0 spiro atoms. The molecular weight excluding hydrogens is 474 g/mol. The summed E-state index contributed by atoms with van der Waals surface area (Å²) in [6.45, 7) is 12.5. The van der Waals surface area contributed by atoms with Gasteiger partial charge in [0.25, 0.3) is 0 Å². The van der Waals surface area contributed by atoms with Gasteiger partial charge in [-0.15, -0.1) is 0 Å². The second-order valence-electron chi connectivity index (χ2n) is 11.9. The molecule has 0 aliphatic rings. The van der Waals surface area contributed by atoms with Crippen LogP contribution < -0.4 is 5.32 Å². The highest BCUT2D eigenvalue weighted by atomic mass is 16.6. The monoisotopic (exact) mass is 527 g/mol. The molecule has 0 aliphatic heterocycles. The number of rotatable bonds is 19. The summed E-state index contributed by atoms with van der Waals surface area (Å²) in [6.07, 6.45) is 12.5. The van der Waals surface area contributed by atoms with E-state index in [1.165, 1.54) is 44.9 Å². The summed E-state index contributed by atoms with van der Waals surface area (Å²) in [6, 6.07) is -1.16. The van der Waals surface area contributed by atoms with Gasteiger partial charge in [0.05, 0.1) is 0 Å². The Balaban J connectivity index is 5.00. The third-order valence-corrected chi connectivity index (χ3v) is 5.76. The van der Waals surface area contributed by atoms with Crippen molar-refractivity contribution in [2.45, 2.75) is 156 Å². The molecule has 0 aromatic carbocycles. The first-order chi connectivity index (χ1) is 17.2. The lowest BCUT2D eigenvalue weighted by atomic mass is 9.97. The van der Waals surface area contributed by atoms with E-state index in [2.05, 4.69) is 12.2 Å². The highest BCUT2D eigenvalue weighted by Gasteiger charge is 2.34. The minimum Gasteiger partial charge on any atom is -0.481 e. The van der Waals surface area contributed by atoms with Crippen molar-refractivity contribution < 1.29 is 33.8 Å². The summed E-state index contributed by atoms with van der Waals surface area (Å²) < 4.78 is 10.8. The molecule has 0 bridgehead atoms. The van der Waals surface area contributed by atoms with Gasteiger partial charge in [-0.2, -0.15) is 0 Å². The van der Waals surface area contributed by atoms with E-state index in [1.807, 2.05) is 0 Å². The molecule has 0 aromatic heterocycles. The van der Waals surface area contributed by atoms with E-state index in [1.54, 1.807) is 41.5 Å². The Morgan fingerprint density at radius 2 is 1.11 bits per heavy atom. The second kappa shape index (κ2) is 18.2. The predicted molar refractivity (Wildman–Crippen MR) is 145 cm³/mol. The van der Waals surface area contributed by atoms with E-state index in [9.17, 15) is 19.2 Å². The summed E-state index contributed by atoms with van der Waals surface area (Å²) in [5.74, 6) is -4.17. The van der Waals surface area contributed by atoms with Crippen molar-refractivity contribution in [3.8, 4) is 0 Å². The number of amides is 1. The van der Waals surface area contributed by atoms with Crippen molar-refractivity contribution in [3.05, 3.63) is 0 Å². The molecule has 2 atom stereocenters. The molecule has 0 aromatic rings. The molecule has 37 heavy (non-hydrogen) atoms. The zero-order valence-electron chi connectivity index (χ0n) is 24.5. The first-order valence-electron chi connectivity index (χ1n) is 14.1. The van der Waals surface area contributed by atoms with E-state index in [0.29, 0.717) is 12.8 Å². The van der Waals surface area contributed by atoms with Crippen LogP contribution in [-0.2, 0) is 28.7 Å². The fourth-order valence-corrected chi connectivity index (χ4v) is 3.90. The van der Waals surface area contributed by atoms with E-state index in [0.717, 1.165) is 19.3 Å². The van der Waals surface area contributed by atoms with Crippen LogP contribution in [0.4, 0.5) is 0 Å². The number of aliphatic carboxylic acids is 1. The van der Waals surface area contributed by atoms with Gasteiger partial charge in [-0.05, 0) is 54.4 Å². The Labute approximate surface area is 224 Å². The van der Waals surface area contributed by atoms with Crippen LogP contribution in [0.1, 0.15) is 138 Å². The summed E-state index contributed by atoms with van der Waals surface area (Å²) in [7, 11) is 0. The average molecular weight is 528 g/mol. The van der Waals surface area contributed by atoms with E-state index >= 15 is 0 Å². The van der Waals surface area contributed by atoms with Crippen molar-refractivity contribution in [1.29, 1.82) is 0 Å². The maximum Gasteiger partial charge on any atom is 0.329 e. The van der Waals surface area contributed by atoms with E-state index < -0.39 is 47.0 Å². The van der Waals surface area contributed by atoms with Gasteiger partial charge in [-0.1, -0.05) is 77.6 Å². The number of carbonyl (C=O) groups excluding carboxylic acids is 3. The fraction of sp³-hybridized carbons (Fsp3) is 0.862. The number of nitrogens with one attached hydrogen (secondary N) is 1. The number of unbranched alkanes of at least 4 members (excludes halogenated alkanes) is 10. The molecule has 0 rings (SSSR count). The standard InChI is InChI=1S/C29H53NO7/c1-8-9-10-11-12-13-14-15-16-17-18-19-22(26(34)36-28(2,3)4)25(33)30-23(20-21-24(31)32)27(35)37-29(5,6)7/h22-23H,8-21H2,1-7H3,(H,30,33)(H,31,32)/t22?,23-/m0/s1. The zero-order chi connectivity index (χ0) is 28.5. The Hall–Kier alpha value is -2.12. The summed E-state index contributed by atoms with van der Waals surface area (Å²) >= 11 is 0. The predicted octanol–water partition coefficient (Wildman–Crippen LogP) is 6.34. The topological polar surface area (TPSA) is 119 Å². The van der Waals surface area contributed by atoms with Crippen LogP contribution in [0, 0.1) is 5.92 Å². The first-order valence-corrected chi connectivity index (χ1v) is 14.1. The van der Waals surface area contributed by atoms with E-state index in [4.69, 9.17) is 14.6 Å². The van der Waals surface area contributed by atoms with Gasteiger partial charge in [0.15, 0.2) is 0 Å². The molecule has 0 saturated heterocycles. The molecule has 1 unspecified atom stereocenters. The molecule has 0 fully saturated rings.